The molecule has 2 aromatic carbocycles. The monoisotopic (exact) mass is 285 g/mol. The predicted molar refractivity (Wildman–Crippen MR) is 81.4 cm³/mol. The van der Waals surface area contributed by atoms with E-state index in [4.69, 9.17) is 4.74 Å². The van der Waals surface area contributed by atoms with Crippen molar-refractivity contribution >= 4 is 5.97 Å². The molecule has 0 fully saturated rings. The van der Waals surface area contributed by atoms with Gasteiger partial charge in [0.05, 0.1) is 7.11 Å². The van der Waals surface area contributed by atoms with Crippen molar-refractivity contribution in [2.24, 2.45) is 0 Å². The number of hydrogen-bond acceptors (Lipinski definition) is 3. The number of methoxy groups -OCH3 is 1. The van der Waals surface area contributed by atoms with Crippen LogP contribution in [0.2, 0.25) is 0 Å². The molecule has 0 spiro atoms. The first-order chi connectivity index (χ1) is 10.2. The third-order valence-electron chi connectivity index (χ3n) is 3.29. The zero-order chi connectivity index (χ0) is 15.1. The van der Waals surface area contributed by atoms with Gasteiger partial charge in [-0.15, -0.1) is 0 Å². The highest BCUT2D eigenvalue weighted by atomic mass is 16.5. The summed E-state index contributed by atoms with van der Waals surface area (Å²) in [6.07, 6.45) is 0.465. The Hall–Kier alpha value is -2.33. The lowest BCUT2D eigenvalue weighted by Crippen LogP contribution is -2.38. The smallest absolute Gasteiger partial charge is 0.321 e. The molecule has 4 heteroatoms. The second-order valence-corrected chi connectivity index (χ2v) is 4.81. The van der Waals surface area contributed by atoms with Crippen molar-refractivity contribution in [2.45, 2.75) is 19.0 Å². The number of benzene rings is 2. The Balaban J connectivity index is 1.95. The van der Waals surface area contributed by atoms with Crippen molar-refractivity contribution in [1.29, 1.82) is 0 Å². The van der Waals surface area contributed by atoms with E-state index >= 15 is 0 Å². The van der Waals surface area contributed by atoms with Gasteiger partial charge in [0.1, 0.15) is 11.8 Å². The second-order valence-electron chi connectivity index (χ2n) is 4.81. The summed E-state index contributed by atoms with van der Waals surface area (Å²) in [5.41, 5.74) is 2.03. The summed E-state index contributed by atoms with van der Waals surface area (Å²) in [5.74, 6) is -0.0508. The second kappa shape index (κ2) is 7.45. The topological polar surface area (TPSA) is 58.6 Å². The Labute approximate surface area is 124 Å². The van der Waals surface area contributed by atoms with E-state index in [0.29, 0.717) is 13.0 Å². The lowest BCUT2D eigenvalue weighted by atomic mass is 10.1. The fourth-order valence-electron chi connectivity index (χ4n) is 2.08. The molecule has 0 aliphatic rings. The molecule has 21 heavy (non-hydrogen) atoms. The van der Waals surface area contributed by atoms with Gasteiger partial charge in [-0.2, -0.15) is 0 Å². The molecular weight excluding hydrogens is 266 g/mol. The number of nitrogens with one attached hydrogen (secondary N) is 1. The third kappa shape index (κ3) is 4.61. The summed E-state index contributed by atoms with van der Waals surface area (Å²) in [6.45, 7) is 0.508. The number of carbonyl (C=O) groups is 1. The first-order valence-electron chi connectivity index (χ1n) is 6.82. The van der Waals surface area contributed by atoms with Crippen LogP contribution in [0, 0.1) is 0 Å². The standard InChI is InChI=1S/C17H19NO3/c1-21-15-9-7-14(8-10-15)12-18-16(17(19)20)11-13-5-3-2-4-6-13/h2-10,16,18H,11-12H2,1H3,(H,19,20)/t16-/m0/s1. The van der Waals surface area contributed by atoms with Gasteiger partial charge in [0.25, 0.3) is 0 Å². The SMILES string of the molecule is COc1ccc(CN[C@@H](Cc2ccccc2)C(=O)O)cc1. The third-order valence-corrected chi connectivity index (χ3v) is 3.29. The van der Waals surface area contributed by atoms with E-state index in [1.165, 1.54) is 0 Å². The van der Waals surface area contributed by atoms with Gasteiger partial charge in [-0.25, -0.2) is 0 Å². The van der Waals surface area contributed by atoms with Crippen molar-refractivity contribution in [2.75, 3.05) is 7.11 Å². The maximum absolute atomic E-state index is 11.3. The van der Waals surface area contributed by atoms with Gasteiger partial charge >= 0.3 is 5.97 Å². The molecule has 0 saturated heterocycles. The molecule has 0 bridgehead atoms. The van der Waals surface area contributed by atoms with Crippen LogP contribution in [0.1, 0.15) is 11.1 Å². The van der Waals surface area contributed by atoms with Gasteiger partial charge in [-0.05, 0) is 29.7 Å². The van der Waals surface area contributed by atoms with Crippen molar-refractivity contribution in [3.8, 4) is 5.75 Å². The number of carboxylic acid groups (broad SMARTS) is 1. The zero-order valence-electron chi connectivity index (χ0n) is 12.0. The molecule has 0 unspecified atom stereocenters. The maximum atomic E-state index is 11.3. The van der Waals surface area contributed by atoms with E-state index in [0.717, 1.165) is 16.9 Å². The van der Waals surface area contributed by atoms with Gasteiger partial charge in [0.15, 0.2) is 0 Å². The number of hydrogen-bond donors (Lipinski definition) is 2. The van der Waals surface area contributed by atoms with Crippen molar-refractivity contribution in [1.82, 2.24) is 5.32 Å². The molecule has 110 valence electrons. The molecule has 0 heterocycles. The highest BCUT2D eigenvalue weighted by molar-refractivity contribution is 5.73. The highest BCUT2D eigenvalue weighted by Crippen LogP contribution is 2.11. The predicted octanol–water partition coefficient (Wildman–Crippen LogP) is 2.48. The molecule has 0 aliphatic carbocycles. The fourth-order valence-corrected chi connectivity index (χ4v) is 2.08. The molecule has 2 N–H and O–H groups in total. The average Bonchev–Trinajstić information content (AvgIpc) is 2.52. The van der Waals surface area contributed by atoms with Gasteiger partial charge in [-0.1, -0.05) is 42.5 Å². The summed E-state index contributed by atoms with van der Waals surface area (Å²) in [5, 5.41) is 12.4. The summed E-state index contributed by atoms with van der Waals surface area (Å²) in [4.78, 5) is 11.3. The van der Waals surface area contributed by atoms with Crippen LogP contribution in [-0.2, 0) is 17.8 Å². The Bertz CT molecular complexity index is 566. The first-order valence-corrected chi connectivity index (χ1v) is 6.82. The van der Waals surface area contributed by atoms with E-state index in [2.05, 4.69) is 5.32 Å². The normalized spacial score (nSPS) is 11.9. The van der Waals surface area contributed by atoms with Crippen molar-refractivity contribution < 1.29 is 14.6 Å². The Kier molecular flexibility index (Phi) is 5.35. The minimum atomic E-state index is -0.840. The number of carboxylic acids is 1. The quantitative estimate of drug-likeness (QED) is 0.820. The van der Waals surface area contributed by atoms with E-state index in [-0.39, 0.29) is 0 Å². The molecule has 0 saturated carbocycles. The number of ether oxygens (including phenoxy) is 1. The van der Waals surface area contributed by atoms with Crippen LogP contribution in [-0.4, -0.2) is 24.2 Å². The van der Waals surface area contributed by atoms with Crippen LogP contribution < -0.4 is 10.1 Å². The molecule has 0 aliphatic heterocycles. The first kappa shape index (κ1) is 15.1. The lowest BCUT2D eigenvalue weighted by Gasteiger charge is -2.14. The van der Waals surface area contributed by atoms with Gasteiger partial charge in [0.2, 0.25) is 0 Å². The van der Waals surface area contributed by atoms with Crippen molar-refractivity contribution in [3.05, 3.63) is 65.7 Å². The summed E-state index contributed by atoms with van der Waals surface area (Å²) < 4.78 is 5.10. The molecule has 2 aromatic rings. The maximum Gasteiger partial charge on any atom is 0.321 e. The molecule has 2 rings (SSSR count). The summed E-state index contributed by atoms with van der Waals surface area (Å²) in [6, 6.07) is 16.6. The van der Waals surface area contributed by atoms with Crippen LogP contribution in [0.5, 0.6) is 5.75 Å². The summed E-state index contributed by atoms with van der Waals surface area (Å²) in [7, 11) is 1.62. The Morgan fingerprint density at radius 2 is 1.76 bits per heavy atom. The Morgan fingerprint density at radius 1 is 1.10 bits per heavy atom. The van der Waals surface area contributed by atoms with Gasteiger partial charge < -0.3 is 15.2 Å². The highest BCUT2D eigenvalue weighted by Gasteiger charge is 2.17. The van der Waals surface area contributed by atoms with Crippen LogP contribution in [0.4, 0.5) is 0 Å². The van der Waals surface area contributed by atoms with Crippen LogP contribution >= 0.6 is 0 Å². The van der Waals surface area contributed by atoms with Crippen LogP contribution in [0.3, 0.4) is 0 Å². The van der Waals surface area contributed by atoms with Crippen molar-refractivity contribution in [3.63, 3.8) is 0 Å². The summed E-state index contributed by atoms with van der Waals surface area (Å²) >= 11 is 0. The molecule has 0 amide bonds. The molecule has 0 aromatic heterocycles. The van der Waals surface area contributed by atoms with E-state index in [1.807, 2.05) is 54.6 Å². The van der Waals surface area contributed by atoms with Crippen LogP contribution in [0.25, 0.3) is 0 Å². The van der Waals surface area contributed by atoms with E-state index < -0.39 is 12.0 Å². The van der Waals surface area contributed by atoms with Crippen LogP contribution in [0.15, 0.2) is 54.6 Å². The molecule has 4 nitrogen and oxygen atoms in total. The molecule has 0 radical (unpaired) electrons. The molecule has 1 atom stereocenters. The molecular formula is C17H19NO3. The van der Waals surface area contributed by atoms with E-state index in [9.17, 15) is 9.90 Å². The minimum absolute atomic E-state index is 0.465. The number of aliphatic carboxylic acids is 1. The average molecular weight is 285 g/mol. The van der Waals surface area contributed by atoms with Gasteiger partial charge in [0, 0.05) is 6.54 Å². The zero-order valence-corrected chi connectivity index (χ0v) is 12.0. The lowest BCUT2D eigenvalue weighted by molar-refractivity contribution is -0.139. The fraction of sp³-hybridized carbons (Fsp3) is 0.235. The number of rotatable bonds is 7. The van der Waals surface area contributed by atoms with E-state index in [1.54, 1.807) is 7.11 Å². The Morgan fingerprint density at radius 3 is 2.33 bits per heavy atom. The largest absolute Gasteiger partial charge is 0.497 e. The minimum Gasteiger partial charge on any atom is -0.497 e. The van der Waals surface area contributed by atoms with Gasteiger partial charge in [-0.3, -0.25) is 4.79 Å².